The van der Waals surface area contributed by atoms with E-state index in [0.29, 0.717) is 12.4 Å². The molecule has 0 fully saturated rings. The summed E-state index contributed by atoms with van der Waals surface area (Å²) >= 11 is 0. The van der Waals surface area contributed by atoms with Gasteiger partial charge in [0.05, 0.1) is 5.69 Å². The van der Waals surface area contributed by atoms with E-state index >= 15 is 0 Å². The highest BCUT2D eigenvalue weighted by molar-refractivity contribution is 5.55. The number of aromatic nitrogens is 2. The molecule has 0 aliphatic carbocycles. The van der Waals surface area contributed by atoms with Crippen LogP contribution >= 0.6 is 0 Å². The van der Waals surface area contributed by atoms with Crippen molar-refractivity contribution in [3.8, 4) is 0 Å². The molecule has 1 aromatic heterocycles. The minimum absolute atomic E-state index is 0.0592. The summed E-state index contributed by atoms with van der Waals surface area (Å²) in [6.45, 7) is 4.04. The summed E-state index contributed by atoms with van der Waals surface area (Å²) in [5.41, 5.74) is -0.246. The third kappa shape index (κ3) is 3.05. The van der Waals surface area contributed by atoms with E-state index in [0.717, 1.165) is 12.1 Å². The number of anilines is 3. The Morgan fingerprint density at radius 1 is 1.15 bits per heavy atom. The van der Waals surface area contributed by atoms with Gasteiger partial charge in [-0.05, 0) is 18.2 Å². The summed E-state index contributed by atoms with van der Waals surface area (Å²) in [7, 11) is 0. The highest BCUT2D eigenvalue weighted by atomic mass is 19.2. The Bertz CT molecular complexity index is 631. The summed E-state index contributed by atoms with van der Waals surface area (Å²) in [4.78, 5) is 7.90. The minimum Gasteiger partial charge on any atom is -0.366 e. The Morgan fingerprint density at radius 2 is 1.95 bits per heavy atom. The number of hydrogen-bond donors (Lipinski definition) is 2. The van der Waals surface area contributed by atoms with Crippen molar-refractivity contribution in [1.82, 2.24) is 9.97 Å². The molecule has 20 heavy (non-hydrogen) atoms. The molecule has 0 atom stereocenters. The molecule has 2 aromatic rings. The van der Waals surface area contributed by atoms with E-state index in [4.69, 9.17) is 0 Å². The molecule has 0 saturated carbocycles. The fourth-order valence-corrected chi connectivity index (χ4v) is 1.44. The van der Waals surface area contributed by atoms with Crippen molar-refractivity contribution in [3.05, 3.63) is 54.5 Å². The number of benzene rings is 1. The fraction of sp³-hybridized carbons (Fsp3) is 0.0769. The zero-order valence-electron chi connectivity index (χ0n) is 10.3. The van der Waals surface area contributed by atoms with E-state index < -0.39 is 17.5 Å². The molecule has 2 rings (SSSR count). The van der Waals surface area contributed by atoms with Crippen molar-refractivity contribution in [2.24, 2.45) is 0 Å². The van der Waals surface area contributed by atoms with Crippen LogP contribution in [0.5, 0.6) is 0 Å². The summed E-state index contributed by atoms with van der Waals surface area (Å²) < 4.78 is 39.4. The largest absolute Gasteiger partial charge is 0.366 e. The second kappa shape index (κ2) is 6.05. The maximum absolute atomic E-state index is 13.5. The van der Waals surface area contributed by atoms with Gasteiger partial charge < -0.3 is 10.6 Å². The van der Waals surface area contributed by atoms with Crippen LogP contribution in [-0.2, 0) is 0 Å². The summed E-state index contributed by atoms with van der Waals surface area (Å²) in [5.74, 6) is -3.57. The quantitative estimate of drug-likeness (QED) is 0.652. The fourth-order valence-electron chi connectivity index (χ4n) is 1.44. The maximum Gasteiger partial charge on any atom is 0.229 e. The maximum atomic E-state index is 13.5. The lowest BCUT2D eigenvalue weighted by atomic mass is 10.3. The lowest BCUT2D eigenvalue weighted by Crippen LogP contribution is -2.05. The molecule has 0 spiro atoms. The molecule has 104 valence electrons. The second-order valence-corrected chi connectivity index (χ2v) is 3.78. The van der Waals surface area contributed by atoms with Gasteiger partial charge in [-0.25, -0.2) is 18.2 Å². The zero-order valence-corrected chi connectivity index (χ0v) is 10.3. The number of nitrogens with zero attached hydrogens (tertiary/aromatic N) is 2. The minimum atomic E-state index is -1.55. The molecule has 0 aliphatic rings. The van der Waals surface area contributed by atoms with E-state index in [-0.39, 0.29) is 11.6 Å². The van der Waals surface area contributed by atoms with Gasteiger partial charge >= 0.3 is 0 Å². The first-order valence-corrected chi connectivity index (χ1v) is 5.70. The van der Waals surface area contributed by atoms with Crippen LogP contribution in [0.4, 0.5) is 30.6 Å². The number of rotatable bonds is 5. The average Bonchev–Trinajstić information content (AvgIpc) is 2.46. The van der Waals surface area contributed by atoms with Gasteiger partial charge in [-0.2, -0.15) is 4.98 Å². The van der Waals surface area contributed by atoms with Gasteiger partial charge in [0.15, 0.2) is 17.5 Å². The Kier molecular flexibility index (Phi) is 4.19. The average molecular weight is 280 g/mol. The van der Waals surface area contributed by atoms with Crippen LogP contribution in [0.15, 0.2) is 37.1 Å². The van der Waals surface area contributed by atoms with Gasteiger partial charge in [-0.3, -0.25) is 0 Å². The van der Waals surface area contributed by atoms with Crippen molar-refractivity contribution in [3.63, 3.8) is 0 Å². The lowest BCUT2D eigenvalue weighted by molar-refractivity contribution is 0.449. The number of nitrogens with one attached hydrogen (secondary N) is 2. The van der Waals surface area contributed by atoms with Crippen molar-refractivity contribution in [2.45, 2.75) is 0 Å². The molecule has 0 aliphatic heterocycles. The Morgan fingerprint density at radius 3 is 2.70 bits per heavy atom. The highest BCUT2D eigenvalue weighted by Crippen LogP contribution is 2.22. The van der Waals surface area contributed by atoms with Gasteiger partial charge in [0.25, 0.3) is 0 Å². The Balaban J connectivity index is 2.22. The topological polar surface area (TPSA) is 49.8 Å². The normalized spacial score (nSPS) is 10.2. The smallest absolute Gasteiger partial charge is 0.229 e. The van der Waals surface area contributed by atoms with Crippen LogP contribution in [0.25, 0.3) is 0 Å². The third-order valence-corrected chi connectivity index (χ3v) is 2.36. The molecule has 0 radical (unpaired) electrons. The summed E-state index contributed by atoms with van der Waals surface area (Å²) in [5, 5.41) is 5.41. The standard InChI is InChI=1S/C13H11F3N4/c1-2-6-17-10-5-7-18-13(20-10)19-9-4-3-8(14)11(15)12(9)16/h2-5,7H,1,6H2,(H2,17,18,19,20). The monoisotopic (exact) mass is 280 g/mol. The van der Waals surface area contributed by atoms with Crippen LogP contribution in [0.1, 0.15) is 0 Å². The molecule has 1 heterocycles. The summed E-state index contributed by atoms with van der Waals surface area (Å²) in [6, 6.07) is 3.50. The van der Waals surface area contributed by atoms with E-state index in [9.17, 15) is 13.2 Å². The Hall–Kier alpha value is -2.57. The van der Waals surface area contributed by atoms with Gasteiger partial charge in [-0.15, -0.1) is 6.58 Å². The third-order valence-electron chi connectivity index (χ3n) is 2.36. The molecular formula is C13H11F3N4. The van der Waals surface area contributed by atoms with E-state index in [2.05, 4.69) is 27.2 Å². The van der Waals surface area contributed by atoms with Crippen molar-refractivity contribution >= 4 is 17.5 Å². The van der Waals surface area contributed by atoms with Gasteiger partial charge in [0, 0.05) is 12.7 Å². The van der Waals surface area contributed by atoms with Gasteiger partial charge in [0.2, 0.25) is 5.95 Å². The lowest BCUT2D eigenvalue weighted by Gasteiger charge is -2.08. The van der Waals surface area contributed by atoms with Gasteiger partial charge in [0.1, 0.15) is 5.82 Å². The van der Waals surface area contributed by atoms with Crippen LogP contribution in [0.3, 0.4) is 0 Å². The van der Waals surface area contributed by atoms with Crippen molar-refractivity contribution < 1.29 is 13.2 Å². The first-order chi connectivity index (χ1) is 9.61. The molecule has 0 saturated heterocycles. The van der Waals surface area contributed by atoms with Crippen LogP contribution in [-0.4, -0.2) is 16.5 Å². The Labute approximate surface area is 113 Å². The molecular weight excluding hydrogens is 269 g/mol. The van der Waals surface area contributed by atoms with Crippen LogP contribution < -0.4 is 10.6 Å². The number of hydrogen-bond acceptors (Lipinski definition) is 4. The molecule has 2 N–H and O–H groups in total. The van der Waals surface area contributed by atoms with E-state index in [1.807, 2.05) is 0 Å². The molecule has 0 unspecified atom stereocenters. The predicted octanol–water partition coefficient (Wildman–Crippen LogP) is 3.24. The highest BCUT2D eigenvalue weighted by Gasteiger charge is 2.14. The van der Waals surface area contributed by atoms with Gasteiger partial charge in [-0.1, -0.05) is 6.08 Å². The van der Waals surface area contributed by atoms with E-state index in [1.165, 1.54) is 6.20 Å². The number of halogens is 3. The molecule has 4 nitrogen and oxygen atoms in total. The predicted molar refractivity (Wildman–Crippen MR) is 70.3 cm³/mol. The summed E-state index contributed by atoms with van der Waals surface area (Å²) in [6.07, 6.45) is 3.09. The van der Waals surface area contributed by atoms with Crippen molar-refractivity contribution in [2.75, 3.05) is 17.2 Å². The first-order valence-electron chi connectivity index (χ1n) is 5.70. The van der Waals surface area contributed by atoms with Crippen LogP contribution in [0, 0.1) is 17.5 Å². The van der Waals surface area contributed by atoms with E-state index in [1.54, 1.807) is 12.1 Å². The SMILES string of the molecule is C=CCNc1ccnc(Nc2ccc(F)c(F)c2F)n1. The second-order valence-electron chi connectivity index (χ2n) is 3.78. The van der Waals surface area contributed by atoms with Crippen molar-refractivity contribution in [1.29, 1.82) is 0 Å². The molecule has 0 amide bonds. The molecule has 1 aromatic carbocycles. The molecule has 0 bridgehead atoms. The molecule has 7 heteroatoms. The van der Waals surface area contributed by atoms with Crippen LogP contribution in [0.2, 0.25) is 0 Å². The zero-order chi connectivity index (χ0) is 14.5. The first kappa shape index (κ1) is 13.9.